The molecule has 1 aliphatic heterocycles. The summed E-state index contributed by atoms with van der Waals surface area (Å²) < 4.78 is 11.3. The van der Waals surface area contributed by atoms with Crippen LogP contribution in [0.1, 0.15) is 12.7 Å². The molecular weight excluding hydrogens is 453 g/mol. The van der Waals surface area contributed by atoms with Gasteiger partial charge >= 0.3 is 5.97 Å². The summed E-state index contributed by atoms with van der Waals surface area (Å²) in [6, 6.07) is 12.8. The molecule has 0 saturated heterocycles. The van der Waals surface area contributed by atoms with Crippen molar-refractivity contribution in [3.8, 4) is 0 Å². The number of rotatable bonds is 4. The lowest BCUT2D eigenvalue weighted by Gasteiger charge is -2.03. The maximum atomic E-state index is 12.3. The molecule has 128 valence electrons. The second-order valence-corrected chi connectivity index (χ2v) is 7.04. The average molecular weight is 467 g/mol. The van der Waals surface area contributed by atoms with Gasteiger partial charge in [-0.2, -0.15) is 0 Å². The van der Waals surface area contributed by atoms with E-state index in [4.69, 9.17) is 9.15 Å². The molecule has 0 unspecified atom stereocenters. The minimum absolute atomic E-state index is 0.0724. The molecule has 3 rings (SSSR count). The molecule has 0 radical (unpaired) electrons. The van der Waals surface area contributed by atoms with Crippen molar-refractivity contribution in [2.24, 2.45) is 4.99 Å². The van der Waals surface area contributed by atoms with Crippen LogP contribution < -0.4 is 0 Å². The summed E-state index contributed by atoms with van der Waals surface area (Å²) in [6.45, 7) is 1.93. The number of aliphatic imine (C=N–C) groups is 1. The van der Waals surface area contributed by atoms with Gasteiger partial charge in [-0.05, 0) is 59.9 Å². The number of carbonyl (C=O) groups is 1. The molecule has 2 aromatic rings. The van der Waals surface area contributed by atoms with E-state index >= 15 is 0 Å². The lowest BCUT2D eigenvalue weighted by molar-refractivity contribution is -0.138. The summed E-state index contributed by atoms with van der Waals surface area (Å²) in [5.41, 5.74) is 0.761. The van der Waals surface area contributed by atoms with Crippen LogP contribution in [-0.4, -0.2) is 22.7 Å². The molecule has 0 aliphatic carbocycles. The van der Waals surface area contributed by atoms with Crippen molar-refractivity contribution >= 4 is 57.1 Å². The molecule has 0 bridgehead atoms. The van der Waals surface area contributed by atoms with E-state index in [9.17, 15) is 9.90 Å². The van der Waals surface area contributed by atoms with Crippen molar-refractivity contribution in [3.05, 3.63) is 68.2 Å². The quantitative estimate of drug-likeness (QED) is 0.502. The van der Waals surface area contributed by atoms with Crippen molar-refractivity contribution in [2.75, 3.05) is 6.61 Å². The fourth-order valence-corrected chi connectivity index (χ4v) is 3.60. The van der Waals surface area contributed by atoms with Crippen LogP contribution in [0.25, 0.3) is 6.08 Å². The highest BCUT2D eigenvalue weighted by atomic mass is 127. The number of aliphatic hydroxyl groups excluding tert-OH is 1. The predicted molar refractivity (Wildman–Crippen MR) is 107 cm³/mol. The van der Waals surface area contributed by atoms with E-state index in [-0.39, 0.29) is 17.9 Å². The van der Waals surface area contributed by atoms with Gasteiger partial charge in [0.05, 0.1) is 17.2 Å². The first-order valence-corrected chi connectivity index (χ1v) is 9.37. The van der Waals surface area contributed by atoms with E-state index in [2.05, 4.69) is 27.6 Å². The Morgan fingerprint density at radius 3 is 2.72 bits per heavy atom. The summed E-state index contributed by atoms with van der Waals surface area (Å²) in [5.74, 6) is -0.160. The topological polar surface area (TPSA) is 72.0 Å². The molecule has 0 amide bonds. The number of aliphatic hydroxyl groups is 1. The number of hydrogen-bond acceptors (Lipinski definition) is 6. The normalized spacial score (nSPS) is 17.5. The number of para-hydroxylation sites is 1. The number of benzene rings is 1. The zero-order valence-electron chi connectivity index (χ0n) is 13.2. The Hall–Kier alpha value is -2.00. The van der Waals surface area contributed by atoms with Crippen LogP contribution in [0, 0.1) is 3.77 Å². The number of thioether (sulfide) groups is 1. The number of furan rings is 1. The average Bonchev–Trinajstić information content (AvgIpc) is 3.13. The molecule has 7 heteroatoms. The van der Waals surface area contributed by atoms with Gasteiger partial charge in [0.2, 0.25) is 0 Å². The van der Waals surface area contributed by atoms with E-state index in [0.29, 0.717) is 21.4 Å². The first-order valence-electron chi connectivity index (χ1n) is 7.48. The molecule has 1 aromatic heterocycles. The van der Waals surface area contributed by atoms with Crippen LogP contribution in [0.3, 0.4) is 0 Å². The van der Waals surface area contributed by atoms with Crippen LogP contribution in [0.5, 0.6) is 0 Å². The van der Waals surface area contributed by atoms with Gasteiger partial charge < -0.3 is 14.3 Å². The fraction of sp³-hybridized carbons (Fsp3) is 0.111. The number of esters is 1. The molecular formula is C18H14INO4S. The summed E-state index contributed by atoms with van der Waals surface area (Å²) in [6.07, 6.45) is 1.68. The van der Waals surface area contributed by atoms with E-state index in [0.717, 1.165) is 3.77 Å². The van der Waals surface area contributed by atoms with Gasteiger partial charge in [0.1, 0.15) is 22.1 Å². The fourth-order valence-electron chi connectivity index (χ4n) is 2.15. The van der Waals surface area contributed by atoms with Crippen LogP contribution >= 0.6 is 34.4 Å². The maximum Gasteiger partial charge on any atom is 0.344 e. The first-order chi connectivity index (χ1) is 12.1. The van der Waals surface area contributed by atoms with Gasteiger partial charge in [-0.25, -0.2) is 9.79 Å². The Kier molecular flexibility index (Phi) is 5.64. The minimum atomic E-state index is -0.598. The monoisotopic (exact) mass is 467 g/mol. The van der Waals surface area contributed by atoms with Crippen LogP contribution in [0.2, 0.25) is 0 Å². The third kappa shape index (κ3) is 4.16. The SMILES string of the molecule is CCOC(=O)C1=C(O)/C(=C\c2ccc(I)o2)SC1=Nc1ccccc1. The number of halogens is 1. The highest BCUT2D eigenvalue weighted by Gasteiger charge is 2.33. The van der Waals surface area contributed by atoms with Crippen LogP contribution in [-0.2, 0) is 9.53 Å². The van der Waals surface area contributed by atoms with Crippen molar-refractivity contribution in [1.29, 1.82) is 0 Å². The van der Waals surface area contributed by atoms with E-state index in [1.807, 2.05) is 36.4 Å². The highest BCUT2D eigenvalue weighted by Crippen LogP contribution is 2.40. The van der Waals surface area contributed by atoms with E-state index in [1.54, 1.807) is 19.1 Å². The molecule has 0 spiro atoms. The van der Waals surface area contributed by atoms with E-state index in [1.165, 1.54) is 11.8 Å². The van der Waals surface area contributed by atoms with Crippen LogP contribution in [0.4, 0.5) is 5.69 Å². The van der Waals surface area contributed by atoms with Gasteiger partial charge in [-0.15, -0.1) is 0 Å². The first kappa shape index (κ1) is 17.8. The van der Waals surface area contributed by atoms with E-state index < -0.39 is 5.97 Å². The molecule has 2 heterocycles. The smallest absolute Gasteiger partial charge is 0.344 e. The third-order valence-corrected chi connectivity index (χ3v) is 4.82. The molecule has 0 saturated carbocycles. The Morgan fingerprint density at radius 2 is 2.08 bits per heavy atom. The Labute approximate surface area is 162 Å². The molecule has 1 N–H and O–H groups in total. The molecule has 1 aromatic carbocycles. The largest absolute Gasteiger partial charge is 0.506 e. The third-order valence-electron chi connectivity index (χ3n) is 3.22. The van der Waals surface area contributed by atoms with Gasteiger partial charge in [0.25, 0.3) is 0 Å². The second kappa shape index (κ2) is 7.92. The zero-order chi connectivity index (χ0) is 17.8. The zero-order valence-corrected chi connectivity index (χ0v) is 16.2. The van der Waals surface area contributed by atoms with Crippen molar-refractivity contribution in [2.45, 2.75) is 6.92 Å². The molecule has 1 aliphatic rings. The molecule has 25 heavy (non-hydrogen) atoms. The molecule has 5 nitrogen and oxygen atoms in total. The number of ether oxygens (including phenoxy) is 1. The summed E-state index contributed by atoms with van der Waals surface area (Å²) in [7, 11) is 0. The summed E-state index contributed by atoms with van der Waals surface area (Å²) >= 11 is 3.27. The number of hydrogen-bond donors (Lipinski definition) is 1. The second-order valence-electron chi connectivity index (χ2n) is 4.95. The van der Waals surface area contributed by atoms with Gasteiger partial charge in [0, 0.05) is 0 Å². The Balaban J connectivity index is 2.02. The van der Waals surface area contributed by atoms with Gasteiger partial charge in [-0.1, -0.05) is 30.0 Å². The van der Waals surface area contributed by atoms with Gasteiger partial charge in [-0.3, -0.25) is 0 Å². The summed E-state index contributed by atoms with van der Waals surface area (Å²) in [4.78, 5) is 17.2. The maximum absolute atomic E-state index is 12.3. The van der Waals surface area contributed by atoms with Crippen LogP contribution in [0.15, 0.2) is 68.1 Å². The number of nitrogens with zero attached hydrogens (tertiary/aromatic N) is 1. The lowest BCUT2D eigenvalue weighted by atomic mass is 10.2. The lowest BCUT2D eigenvalue weighted by Crippen LogP contribution is -2.12. The molecule has 0 fully saturated rings. The minimum Gasteiger partial charge on any atom is -0.506 e. The Morgan fingerprint density at radius 1 is 1.32 bits per heavy atom. The Bertz CT molecular complexity index is 883. The van der Waals surface area contributed by atoms with Crippen molar-refractivity contribution in [3.63, 3.8) is 0 Å². The van der Waals surface area contributed by atoms with Crippen molar-refractivity contribution in [1.82, 2.24) is 0 Å². The number of carbonyl (C=O) groups excluding carboxylic acids is 1. The standard InChI is InChI=1S/C18H14INO4S/c1-2-23-18(22)15-16(21)13(10-12-8-9-14(19)24-12)25-17(15)20-11-6-4-3-5-7-11/h3-10,21H,2H2,1H3/b13-10+,20-17?. The predicted octanol–water partition coefficient (Wildman–Crippen LogP) is 5.08. The van der Waals surface area contributed by atoms with Gasteiger partial charge in [0.15, 0.2) is 3.77 Å². The summed E-state index contributed by atoms with van der Waals surface area (Å²) in [5, 5.41) is 10.9. The highest BCUT2D eigenvalue weighted by molar-refractivity contribution is 14.1. The molecule has 0 atom stereocenters. The van der Waals surface area contributed by atoms with Crippen molar-refractivity contribution < 1.29 is 19.1 Å².